The zero-order valence-corrected chi connectivity index (χ0v) is 12.3. The predicted octanol–water partition coefficient (Wildman–Crippen LogP) is 4.34. The molecule has 0 amide bonds. The third-order valence-corrected chi connectivity index (χ3v) is 4.52. The van der Waals surface area contributed by atoms with Crippen LogP contribution in [0.15, 0.2) is 48.6 Å². The van der Waals surface area contributed by atoms with Crippen molar-refractivity contribution in [3.63, 3.8) is 0 Å². The average molecular weight is 287 g/mol. The van der Waals surface area contributed by atoms with Crippen LogP contribution in [0.2, 0.25) is 0 Å². The summed E-state index contributed by atoms with van der Waals surface area (Å²) in [6, 6.07) is 14.0. The summed E-state index contributed by atoms with van der Waals surface area (Å²) in [5.41, 5.74) is 2.52. The van der Waals surface area contributed by atoms with Crippen LogP contribution in [0.4, 0.5) is 5.82 Å². The van der Waals surface area contributed by atoms with Gasteiger partial charge in [0.2, 0.25) is 0 Å². The quantitative estimate of drug-likeness (QED) is 0.725. The van der Waals surface area contributed by atoms with Gasteiger partial charge in [-0.25, -0.2) is 4.98 Å². The second-order valence-electron chi connectivity index (χ2n) is 5.81. The lowest BCUT2D eigenvalue weighted by molar-refractivity contribution is 0.546. The minimum absolute atomic E-state index is 0. The number of hydrogen-bond acceptors (Lipinski definition) is 2. The highest BCUT2D eigenvalue weighted by Gasteiger charge is 2.38. The van der Waals surface area contributed by atoms with Crippen LogP contribution in [0.25, 0.3) is 10.9 Å². The summed E-state index contributed by atoms with van der Waals surface area (Å²) in [5, 5.41) is 1.22. The average Bonchev–Trinajstić information content (AvgIpc) is 2.70. The van der Waals surface area contributed by atoms with Crippen molar-refractivity contribution in [1.82, 2.24) is 4.98 Å². The molecule has 2 saturated heterocycles. The Hall–Kier alpha value is -1.54. The van der Waals surface area contributed by atoms with Gasteiger partial charge in [-0.3, -0.25) is 0 Å². The molecule has 2 nitrogen and oxygen atoms in total. The SMILES string of the molecule is C=C1CC2CCC(C1)N2c1ccc2ccccc2n1.Cl. The van der Waals surface area contributed by atoms with Gasteiger partial charge in [0.25, 0.3) is 0 Å². The second kappa shape index (κ2) is 5.10. The highest BCUT2D eigenvalue weighted by Crippen LogP contribution is 2.40. The van der Waals surface area contributed by atoms with E-state index in [1.165, 1.54) is 23.8 Å². The number of aromatic nitrogens is 1. The summed E-state index contributed by atoms with van der Waals surface area (Å²) in [6.07, 6.45) is 4.87. The van der Waals surface area contributed by atoms with Gasteiger partial charge in [-0.15, -0.1) is 12.4 Å². The maximum Gasteiger partial charge on any atom is 0.129 e. The Kier molecular flexibility index (Phi) is 3.43. The first-order chi connectivity index (χ1) is 9.31. The Morgan fingerprint density at radius 2 is 1.70 bits per heavy atom. The van der Waals surface area contributed by atoms with E-state index in [2.05, 4.69) is 47.9 Å². The van der Waals surface area contributed by atoms with Crippen molar-refractivity contribution in [3.8, 4) is 0 Å². The third-order valence-electron chi connectivity index (χ3n) is 4.52. The number of halogens is 1. The van der Waals surface area contributed by atoms with E-state index in [4.69, 9.17) is 4.98 Å². The van der Waals surface area contributed by atoms with E-state index in [1.54, 1.807) is 0 Å². The molecule has 1 aromatic carbocycles. The number of benzene rings is 1. The molecule has 2 atom stereocenters. The van der Waals surface area contributed by atoms with E-state index in [0.717, 1.165) is 24.2 Å². The zero-order valence-electron chi connectivity index (χ0n) is 11.5. The minimum atomic E-state index is 0. The largest absolute Gasteiger partial charge is 0.350 e. The van der Waals surface area contributed by atoms with Gasteiger partial charge in [0.1, 0.15) is 5.82 Å². The van der Waals surface area contributed by atoms with Gasteiger partial charge in [0, 0.05) is 17.5 Å². The van der Waals surface area contributed by atoms with E-state index in [0.29, 0.717) is 12.1 Å². The maximum absolute atomic E-state index is 4.86. The van der Waals surface area contributed by atoms with Crippen LogP contribution in [-0.2, 0) is 0 Å². The van der Waals surface area contributed by atoms with Crippen molar-refractivity contribution < 1.29 is 0 Å². The molecule has 2 unspecified atom stereocenters. The fourth-order valence-electron chi connectivity index (χ4n) is 3.68. The Morgan fingerprint density at radius 3 is 2.45 bits per heavy atom. The first-order valence-corrected chi connectivity index (χ1v) is 7.12. The van der Waals surface area contributed by atoms with Gasteiger partial charge in [-0.1, -0.05) is 30.4 Å². The lowest BCUT2D eigenvalue weighted by Crippen LogP contribution is -2.40. The monoisotopic (exact) mass is 286 g/mol. The smallest absolute Gasteiger partial charge is 0.129 e. The number of rotatable bonds is 1. The fourth-order valence-corrected chi connectivity index (χ4v) is 3.68. The molecule has 0 N–H and O–H groups in total. The molecule has 104 valence electrons. The molecule has 4 rings (SSSR count). The number of piperidine rings is 1. The molecule has 2 fully saturated rings. The van der Waals surface area contributed by atoms with Crippen LogP contribution in [0, 0.1) is 0 Å². The van der Waals surface area contributed by atoms with Crippen molar-refractivity contribution in [2.45, 2.75) is 37.8 Å². The normalized spacial score (nSPS) is 24.8. The van der Waals surface area contributed by atoms with Crippen molar-refractivity contribution in [2.24, 2.45) is 0 Å². The first kappa shape index (κ1) is 13.4. The number of pyridine rings is 1. The van der Waals surface area contributed by atoms with Crippen LogP contribution < -0.4 is 4.90 Å². The Bertz CT molecular complexity index is 636. The van der Waals surface area contributed by atoms with E-state index in [1.807, 2.05) is 0 Å². The summed E-state index contributed by atoms with van der Waals surface area (Å²) in [6.45, 7) is 4.19. The van der Waals surface area contributed by atoms with Crippen LogP contribution in [0.1, 0.15) is 25.7 Å². The van der Waals surface area contributed by atoms with E-state index in [-0.39, 0.29) is 12.4 Å². The van der Waals surface area contributed by atoms with Gasteiger partial charge in [0.05, 0.1) is 5.52 Å². The van der Waals surface area contributed by atoms with E-state index >= 15 is 0 Å². The molecule has 2 aromatic rings. The fraction of sp³-hybridized carbons (Fsp3) is 0.353. The molecule has 1 aromatic heterocycles. The molecule has 2 aliphatic heterocycles. The van der Waals surface area contributed by atoms with Gasteiger partial charge in [0.15, 0.2) is 0 Å². The highest BCUT2D eigenvalue weighted by atomic mass is 35.5. The van der Waals surface area contributed by atoms with Gasteiger partial charge in [-0.2, -0.15) is 0 Å². The Balaban J connectivity index is 0.00000121. The van der Waals surface area contributed by atoms with Gasteiger partial charge in [-0.05, 0) is 43.9 Å². The minimum Gasteiger partial charge on any atom is -0.350 e. The summed E-state index contributed by atoms with van der Waals surface area (Å²) >= 11 is 0. The maximum atomic E-state index is 4.86. The Labute approximate surface area is 125 Å². The lowest BCUT2D eigenvalue weighted by Gasteiger charge is -2.37. The molecule has 2 aliphatic rings. The van der Waals surface area contributed by atoms with Crippen LogP contribution in [-0.4, -0.2) is 17.1 Å². The van der Waals surface area contributed by atoms with E-state index < -0.39 is 0 Å². The number of anilines is 1. The van der Waals surface area contributed by atoms with Crippen molar-refractivity contribution in [2.75, 3.05) is 4.90 Å². The summed E-state index contributed by atoms with van der Waals surface area (Å²) < 4.78 is 0. The second-order valence-corrected chi connectivity index (χ2v) is 5.81. The number of nitrogens with zero attached hydrogens (tertiary/aromatic N) is 2. The van der Waals surface area contributed by atoms with Crippen LogP contribution >= 0.6 is 12.4 Å². The summed E-state index contributed by atoms with van der Waals surface area (Å²) in [4.78, 5) is 7.40. The van der Waals surface area contributed by atoms with Crippen molar-refractivity contribution in [3.05, 3.63) is 48.6 Å². The topological polar surface area (TPSA) is 16.1 Å². The first-order valence-electron chi connectivity index (χ1n) is 7.12. The molecule has 3 heterocycles. The number of fused-ring (bicyclic) bond motifs is 3. The molecule has 0 saturated carbocycles. The zero-order chi connectivity index (χ0) is 12.8. The summed E-state index contributed by atoms with van der Waals surface area (Å²) in [7, 11) is 0. The number of para-hydroxylation sites is 1. The number of hydrogen-bond donors (Lipinski definition) is 0. The Morgan fingerprint density at radius 1 is 1.00 bits per heavy atom. The van der Waals surface area contributed by atoms with E-state index in [9.17, 15) is 0 Å². The van der Waals surface area contributed by atoms with Crippen LogP contribution in [0.5, 0.6) is 0 Å². The molecule has 0 radical (unpaired) electrons. The highest BCUT2D eigenvalue weighted by molar-refractivity contribution is 5.85. The third kappa shape index (κ3) is 2.08. The molecule has 2 bridgehead atoms. The van der Waals surface area contributed by atoms with Gasteiger partial charge < -0.3 is 4.90 Å². The standard InChI is InChI=1S/C17H18N2.ClH/c1-12-10-14-7-8-15(11-12)19(14)17-9-6-13-4-2-3-5-16(13)18-17;/h2-6,9,14-15H,1,7-8,10-11H2;1H. The van der Waals surface area contributed by atoms with Crippen molar-refractivity contribution >= 4 is 29.1 Å². The molecular weight excluding hydrogens is 268 g/mol. The molecule has 20 heavy (non-hydrogen) atoms. The summed E-state index contributed by atoms with van der Waals surface area (Å²) in [5.74, 6) is 1.15. The molecular formula is C17H19ClN2. The lowest BCUT2D eigenvalue weighted by atomic mass is 9.98. The molecule has 3 heteroatoms. The molecule has 0 spiro atoms. The van der Waals surface area contributed by atoms with Crippen molar-refractivity contribution in [1.29, 1.82) is 0 Å². The van der Waals surface area contributed by atoms with Crippen LogP contribution in [0.3, 0.4) is 0 Å². The predicted molar refractivity (Wildman–Crippen MR) is 86.7 cm³/mol. The molecule has 0 aliphatic carbocycles. The van der Waals surface area contributed by atoms with Gasteiger partial charge >= 0.3 is 0 Å².